The van der Waals surface area contributed by atoms with Crippen molar-refractivity contribution in [1.29, 1.82) is 0 Å². The van der Waals surface area contributed by atoms with Gasteiger partial charge in [0.25, 0.3) is 0 Å². The fraction of sp³-hybridized carbons (Fsp3) is 0.368. The van der Waals surface area contributed by atoms with Crippen LogP contribution in [0, 0.1) is 11.6 Å². The maximum Gasteiger partial charge on any atom is 0.235 e. The van der Waals surface area contributed by atoms with Crippen molar-refractivity contribution in [2.45, 2.75) is 32.2 Å². The van der Waals surface area contributed by atoms with E-state index in [-0.39, 0.29) is 30.0 Å². The fourth-order valence-electron chi connectivity index (χ4n) is 3.17. The number of sulfonamides is 1. The zero-order valence-corrected chi connectivity index (χ0v) is 15.3. The van der Waals surface area contributed by atoms with Crippen LogP contribution in [0.3, 0.4) is 0 Å². The van der Waals surface area contributed by atoms with Gasteiger partial charge in [-0.2, -0.15) is 0 Å². The van der Waals surface area contributed by atoms with E-state index >= 15 is 0 Å². The van der Waals surface area contributed by atoms with Crippen LogP contribution >= 0.6 is 0 Å². The lowest BCUT2D eigenvalue weighted by atomic mass is 9.99. The smallest absolute Gasteiger partial charge is 0.235 e. The molecule has 0 amide bonds. The van der Waals surface area contributed by atoms with Gasteiger partial charge in [0.15, 0.2) is 0 Å². The molecule has 26 heavy (non-hydrogen) atoms. The Bertz CT molecular complexity index is 869. The molecule has 0 aromatic heterocycles. The first-order chi connectivity index (χ1) is 12.4. The maximum absolute atomic E-state index is 13.4. The number of fused-ring (bicyclic) bond motifs is 1. The predicted octanol–water partition coefficient (Wildman–Crippen LogP) is 3.90. The van der Waals surface area contributed by atoms with Gasteiger partial charge in [-0.05, 0) is 74.2 Å². The van der Waals surface area contributed by atoms with Crippen molar-refractivity contribution in [2.75, 3.05) is 16.7 Å². The molecular weight excluding hydrogens is 360 g/mol. The summed E-state index contributed by atoms with van der Waals surface area (Å²) in [5.41, 5.74) is 1.28. The molecule has 3 rings (SSSR count). The molecule has 0 N–H and O–H groups in total. The Hall–Kier alpha value is -2.15. The van der Waals surface area contributed by atoms with Gasteiger partial charge in [0, 0.05) is 6.04 Å². The molecule has 0 radical (unpaired) electrons. The Labute approximate surface area is 152 Å². The Balaban J connectivity index is 1.65. The van der Waals surface area contributed by atoms with Gasteiger partial charge in [0.2, 0.25) is 10.0 Å². The molecule has 0 fully saturated rings. The van der Waals surface area contributed by atoms with Crippen molar-refractivity contribution in [3.05, 3.63) is 59.7 Å². The number of ether oxygens (including phenoxy) is 1. The fourth-order valence-corrected chi connectivity index (χ4v) is 4.98. The number of nitrogens with zero attached hydrogens (tertiary/aromatic N) is 1. The summed E-state index contributed by atoms with van der Waals surface area (Å²) < 4.78 is 58.8. The first-order valence-electron chi connectivity index (χ1n) is 8.56. The highest BCUT2D eigenvalue weighted by molar-refractivity contribution is 7.92. The minimum atomic E-state index is -3.55. The molecule has 1 heterocycles. The van der Waals surface area contributed by atoms with Gasteiger partial charge in [-0.15, -0.1) is 0 Å². The van der Waals surface area contributed by atoms with Crippen LogP contribution in [0.15, 0.2) is 42.5 Å². The van der Waals surface area contributed by atoms with E-state index in [0.717, 1.165) is 0 Å². The van der Waals surface area contributed by atoms with Crippen molar-refractivity contribution in [2.24, 2.45) is 0 Å². The van der Waals surface area contributed by atoms with Crippen LogP contribution in [0.4, 0.5) is 14.5 Å². The lowest BCUT2D eigenvalue weighted by molar-refractivity contribution is 0.317. The minimum absolute atomic E-state index is 0.0741. The molecule has 4 nitrogen and oxygen atoms in total. The highest BCUT2D eigenvalue weighted by atomic mass is 32.2. The Morgan fingerprint density at radius 2 is 1.81 bits per heavy atom. The maximum atomic E-state index is 13.4. The molecule has 0 bridgehead atoms. The lowest BCUT2D eigenvalue weighted by Crippen LogP contribution is -2.43. The molecule has 2 aromatic carbocycles. The molecule has 0 spiro atoms. The van der Waals surface area contributed by atoms with Crippen LogP contribution in [-0.4, -0.2) is 26.8 Å². The number of hydrogen-bond acceptors (Lipinski definition) is 3. The van der Waals surface area contributed by atoms with Crippen molar-refractivity contribution in [3.8, 4) is 5.75 Å². The van der Waals surface area contributed by atoms with E-state index < -0.39 is 10.0 Å². The third-order valence-corrected chi connectivity index (χ3v) is 6.40. The molecule has 1 unspecified atom stereocenters. The van der Waals surface area contributed by atoms with Gasteiger partial charge >= 0.3 is 0 Å². The zero-order chi connectivity index (χ0) is 18.7. The summed E-state index contributed by atoms with van der Waals surface area (Å²) >= 11 is 0. The molecule has 2 aromatic rings. The molecule has 1 aliphatic rings. The first kappa shape index (κ1) is 18.6. The Morgan fingerprint density at radius 1 is 1.12 bits per heavy atom. The van der Waals surface area contributed by atoms with Gasteiger partial charge < -0.3 is 4.74 Å². The second-order valence-electron chi connectivity index (χ2n) is 6.43. The molecule has 0 saturated carbocycles. The van der Waals surface area contributed by atoms with Gasteiger partial charge in [-0.3, -0.25) is 4.31 Å². The average Bonchev–Trinajstić information content (AvgIpc) is 2.60. The molecule has 0 saturated heterocycles. The largest absolute Gasteiger partial charge is 0.494 e. The van der Waals surface area contributed by atoms with Crippen molar-refractivity contribution in [1.82, 2.24) is 0 Å². The van der Waals surface area contributed by atoms with E-state index in [1.54, 1.807) is 0 Å². The zero-order valence-electron chi connectivity index (χ0n) is 14.5. The average molecular weight is 381 g/mol. The summed E-state index contributed by atoms with van der Waals surface area (Å²) in [6.07, 6.45) is 1.62. The molecule has 1 aliphatic heterocycles. The number of halogens is 2. The second kappa shape index (κ2) is 7.61. The van der Waals surface area contributed by atoms with Gasteiger partial charge in [-0.25, -0.2) is 17.2 Å². The molecule has 1 atom stereocenters. The van der Waals surface area contributed by atoms with E-state index in [1.165, 1.54) is 46.8 Å². The lowest BCUT2D eigenvalue weighted by Gasteiger charge is -2.36. The third kappa shape index (κ3) is 4.15. The number of hydrogen-bond donors (Lipinski definition) is 0. The van der Waals surface area contributed by atoms with E-state index in [2.05, 4.69) is 0 Å². The van der Waals surface area contributed by atoms with E-state index in [1.807, 2.05) is 6.92 Å². The van der Waals surface area contributed by atoms with Gasteiger partial charge in [0.1, 0.15) is 17.4 Å². The summed E-state index contributed by atoms with van der Waals surface area (Å²) in [5.74, 6) is -0.288. The van der Waals surface area contributed by atoms with Crippen LogP contribution in [0.1, 0.15) is 25.3 Å². The van der Waals surface area contributed by atoms with Gasteiger partial charge in [-0.1, -0.05) is 0 Å². The van der Waals surface area contributed by atoms with Crippen molar-refractivity contribution in [3.63, 3.8) is 0 Å². The molecule has 140 valence electrons. The number of benzene rings is 2. The summed E-state index contributed by atoms with van der Waals surface area (Å²) in [6.45, 7) is 2.07. The van der Waals surface area contributed by atoms with Crippen LogP contribution in [0.2, 0.25) is 0 Å². The monoisotopic (exact) mass is 381 g/mol. The van der Waals surface area contributed by atoms with Crippen LogP contribution in [-0.2, 0) is 16.4 Å². The topological polar surface area (TPSA) is 46.6 Å². The van der Waals surface area contributed by atoms with E-state index in [0.29, 0.717) is 36.3 Å². The Morgan fingerprint density at radius 3 is 2.54 bits per heavy atom. The summed E-state index contributed by atoms with van der Waals surface area (Å²) in [7, 11) is -3.55. The Kier molecular flexibility index (Phi) is 5.46. The minimum Gasteiger partial charge on any atom is -0.494 e. The van der Waals surface area contributed by atoms with E-state index in [4.69, 9.17) is 4.74 Å². The van der Waals surface area contributed by atoms with Gasteiger partial charge in [0.05, 0.1) is 18.0 Å². The predicted molar refractivity (Wildman–Crippen MR) is 97.0 cm³/mol. The second-order valence-corrected chi connectivity index (χ2v) is 8.39. The van der Waals surface area contributed by atoms with Crippen molar-refractivity contribution >= 4 is 15.7 Å². The summed E-state index contributed by atoms with van der Waals surface area (Å²) in [4.78, 5) is 0. The van der Waals surface area contributed by atoms with Crippen molar-refractivity contribution < 1.29 is 21.9 Å². The third-order valence-electron chi connectivity index (χ3n) is 4.44. The number of anilines is 1. The number of rotatable bonds is 6. The molecule has 0 aliphatic carbocycles. The summed E-state index contributed by atoms with van der Waals surface area (Å²) in [5, 5.41) is 0. The van der Waals surface area contributed by atoms with E-state index in [9.17, 15) is 17.2 Å². The summed E-state index contributed by atoms with van der Waals surface area (Å²) in [6, 6.07) is 9.64. The van der Waals surface area contributed by atoms with Crippen LogP contribution in [0.25, 0.3) is 0 Å². The standard InChI is InChI=1S/C19H21F2NO3S/c1-14-3-4-15-13-17(21)7-10-19(15)22(14)26(23,24)12-2-11-25-18-8-5-16(20)6-9-18/h5-10,13-14H,2-4,11-12H2,1H3. The number of aryl methyl sites for hydroxylation is 1. The van der Waals surface area contributed by atoms with Crippen LogP contribution in [0.5, 0.6) is 5.75 Å². The van der Waals surface area contributed by atoms with Crippen LogP contribution < -0.4 is 9.04 Å². The highest BCUT2D eigenvalue weighted by Crippen LogP contribution is 2.33. The SMILES string of the molecule is CC1CCc2cc(F)ccc2N1S(=O)(=O)CCCOc1ccc(F)cc1. The molecular formula is C19H21F2NO3S. The first-order valence-corrected chi connectivity index (χ1v) is 10.2. The quantitative estimate of drug-likeness (QED) is 0.713. The molecule has 7 heteroatoms. The normalized spacial score (nSPS) is 17.0. The highest BCUT2D eigenvalue weighted by Gasteiger charge is 2.32.